The number of fused-ring (bicyclic) bond motifs is 2. The lowest BCUT2D eigenvalue weighted by atomic mass is 10.0. The molecule has 0 fully saturated rings. The van der Waals surface area contributed by atoms with E-state index in [-0.39, 0.29) is 42.6 Å². The zero-order valence-corrected chi connectivity index (χ0v) is 20.0. The molecule has 3 aromatic carbocycles. The Morgan fingerprint density at radius 1 is 1.06 bits per heavy atom. The summed E-state index contributed by atoms with van der Waals surface area (Å²) < 4.78 is 28.4. The van der Waals surface area contributed by atoms with Crippen LogP contribution in [0.5, 0.6) is 17.2 Å². The first-order valence-corrected chi connectivity index (χ1v) is 11.2. The fourth-order valence-electron chi connectivity index (χ4n) is 4.14. The van der Waals surface area contributed by atoms with E-state index in [1.807, 2.05) is 19.9 Å². The first-order chi connectivity index (χ1) is 17.4. The number of benzene rings is 3. The summed E-state index contributed by atoms with van der Waals surface area (Å²) in [6.45, 7) is 3.92. The van der Waals surface area contributed by atoms with Gasteiger partial charge < -0.3 is 23.4 Å². The number of hydrogen-bond acceptors (Lipinski definition) is 8. The van der Waals surface area contributed by atoms with Gasteiger partial charge in [0.15, 0.2) is 12.6 Å². The molecule has 0 atom stereocenters. The number of hydrogen-bond donors (Lipinski definition) is 0. The second kappa shape index (κ2) is 9.35. The molecule has 0 aliphatic carbocycles. The average Bonchev–Trinajstić information content (AvgIpc) is 2.89. The Balaban J connectivity index is 1.64. The third-order valence-electron chi connectivity index (χ3n) is 6.17. The molecule has 1 aromatic heterocycles. The Labute approximate surface area is 205 Å². The number of rotatable bonds is 6. The molecular formula is C27H23NO8. The number of nitrogens with zero attached hydrogens (tertiary/aromatic N) is 1. The minimum absolute atomic E-state index is 0.00300. The van der Waals surface area contributed by atoms with E-state index in [2.05, 4.69) is 0 Å². The normalized spacial score (nSPS) is 12.6. The van der Waals surface area contributed by atoms with E-state index < -0.39 is 4.92 Å². The summed E-state index contributed by atoms with van der Waals surface area (Å²) in [5.41, 5.74) is 3.51. The molecule has 9 nitrogen and oxygen atoms in total. The van der Waals surface area contributed by atoms with Gasteiger partial charge in [-0.2, -0.15) is 0 Å². The molecule has 4 aromatic rings. The van der Waals surface area contributed by atoms with Gasteiger partial charge in [0.25, 0.3) is 5.69 Å². The van der Waals surface area contributed by atoms with Crippen molar-refractivity contribution in [2.75, 3.05) is 13.9 Å². The van der Waals surface area contributed by atoms with Crippen LogP contribution < -0.4 is 19.6 Å². The monoisotopic (exact) mass is 489 g/mol. The largest absolute Gasteiger partial charge is 0.497 e. The Kier molecular flexibility index (Phi) is 6.07. The van der Waals surface area contributed by atoms with Crippen LogP contribution in [-0.2, 0) is 18.0 Å². The van der Waals surface area contributed by atoms with Gasteiger partial charge >= 0.3 is 0 Å². The van der Waals surface area contributed by atoms with Crippen LogP contribution >= 0.6 is 0 Å². The second-order valence-electron chi connectivity index (χ2n) is 8.50. The van der Waals surface area contributed by atoms with Crippen LogP contribution in [0.4, 0.5) is 5.69 Å². The zero-order chi connectivity index (χ0) is 25.4. The lowest BCUT2D eigenvalue weighted by molar-refractivity contribution is -0.385. The van der Waals surface area contributed by atoms with Crippen molar-refractivity contribution in [3.63, 3.8) is 0 Å². The van der Waals surface area contributed by atoms with Crippen LogP contribution in [0.3, 0.4) is 0 Å². The van der Waals surface area contributed by atoms with E-state index >= 15 is 0 Å². The third-order valence-corrected chi connectivity index (χ3v) is 6.17. The van der Waals surface area contributed by atoms with Crippen LogP contribution in [0.25, 0.3) is 22.3 Å². The Morgan fingerprint density at radius 3 is 2.53 bits per heavy atom. The second-order valence-corrected chi connectivity index (χ2v) is 8.50. The molecule has 2 heterocycles. The van der Waals surface area contributed by atoms with E-state index in [1.165, 1.54) is 12.1 Å². The van der Waals surface area contributed by atoms with Gasteiger partial charge in [0.1, 0.15) is 23.7 Å². The molecule has 0 bridgehead atoms. The van der Waals surface area contributed by atoms with Crippen molar-refractivity contribution in [1.29, 1.82) is 0 Å². The number of methoxy groups -OCH3 is 1. The quantitative estimate of drug-likeness (QED) is 0.260. The van der Waals surface area contributed by atoms with E-state index in [1.54, 1.807) is 37.4 Å². The molecule has 0 radical (unpaired) electrons. The fraction of sp³-hybridized carbons (Fsp3) is 0.222. The lowest BCUT2D eigenvalue weighted by Gasteiger charge is -2.21. The van der Waals surface area contributed by atoms with Crippen LogP contribution in [0.2, 0.25) is 0 Å². The summed E-state index contributed by atoms with van der Waals surface area (Å²) in [4.78, 5) is 24.6. The number of non-ortho nitro benzene ring substituents is 1. The van der Waals surface area contributed by atoms with Crippen molar-refractivity contribution in [2.24, 2.45) is 0 Å². The SMILES string of the molecule is COc1ccc(-c2oc3cc(C)c(C)cc3c(=O)c2OCc2cc([N+](=O)[O-])cc3c2OCOC3)cc1. The average molecular weight is 489 g/mol. The maximum Gasteiger partial charge on any atom is 0.270 e. The van der Waals surface area contributed by atoms with Crippen molar-refractivity contribution >= 4 is 16.7 Å². The predicted molar refractivity (Wildman–Crippen MR) is 132 cm³/mol. The molecule has 184 valence electrons. The van der Waals surface area contributed by atoms with Gasteiger partial charge in [0.05, 0.1) is 24.0 Å². The van der Waals surface area contributed by atoms with Gasteiger partial charge in [-0.05, 0) is 61.4 Å². The van der Waals surface area contributed by atoms with E-state index in [4.69, 9.17) is 23.4 Å². The molecular weight excluding hydrogens is 466 g/mol. The van der Waals surface area contributed by atoms with Crippen molar-refractivity contribution < 1.29 is 28.3 Å². The molecule has 5 rings (SSSR count). The number of nitro groups is 1. The molecule has 1 aliphatic heterocycles. The van der Waals surface area contributed by atoms with Crippen molar-refractivity contribution in [2.45, 2.75) is 27.1 Å². The van der Waals surface area contributed by atoms with Crippen molar-refractivity contribution in [3.05, 3.63) is 91.1 Å². The Hall–Kier alpha value is -4.37. The summed E-state index contributed by atoms with van der Waals surface area (Å²) >= 11 is 0. The molecule has 0 spiro atoms. The molecule has 0 saturated heterocycles. The smallest absolute Gasteiger partial charge is 0.270 e. The molecule has 0 N–H and O–H groups in total. The van der Waals surface area contributed by atoms with E-state index in [9.17, 15) is 14.9 Å². The molecule has 0 saturated carbocycles. The lowest BCUT2D eigenvalue weighted by Crippen LogP contribution is -2.16. The highest BCUT2D eigenvalue weighted by Gasteiger charge is 2.24. The highest BCUT2D eigenvalue weighted by Crippen LogP contribution is 2.36. The molecule has 1 aliphatic rings. The van der Waals surface area contributed by atoms with Crippen LogP contribution in [0, 0.1) is 24.0 Å². The minimum atomic E-state index is -0.489. The highest BCUT2D eigenvalue weighted by molar-refractivity contribution is 5.83. The topological polar surface area (TPSA) is 110 Å². The fourth-order valence-corrected chi connectivity index (χ4v) is 4.14. The summed E-state index contributed by atoms with van der Waals surface area (Å²) in [6.07, 6.45) is 0. The number of ether oxygens (including phenoxy) is 4. The van der Waals surface area contributed by atoms with Gasteiger partial charge in [0.2, 0.25) is 11.2 Å². The van der Waals surface area contributed by atoms with Crippen molar-refractivity contribution in [1.82, 2.24) is 0 Å². The summed E-state index contributed by atoms with van der Waals surface area (Å²) in [5, 5.41) is 11.9. The molecule has 9 heteroatoms. The summed E-state index contributed by atoms with van der Waals surface area (Å²) in [7, 11) is 1.57. The van der Waals surface area contributed by atoms with Gasteiger partial charge in [0, 0.05) is 28.8 Å². The van der Waals surface area contributed by atoms with Gasteiger partial charge in [-0.1, -0.05) is 0 Å². The highest BCUT2D eigenvalue weighted by atomic mass is 16.7. The van der Waals surface area contributed by atoms with Crippen LogP contribution in [-0.4, -0.2) is 18.8 Å². The summed E-state index contributed by atoms with van der Waals surface area (Å²) in [6, 6.07) is 13.5. The standard InChI is InChI=1S/C27H23NO8/c1-15-8-22-23(9-16(15)2)36-26(17-4-6-21(32-3)7-5-17)27(24(22)29)34-13-19-11-20(28(30)31)10-18-12-33-14-35-25(18)19/h4-11H,12-14H2,1-3H3. The summed E-state index contributed by atoms with van der Waals surface area (Å²) in [5.74, 6) is 1.36. The Bertz CT molecular complexity index is 1540. The van der Waals surface area contributed by atoms with Crippen LogP contribution in [0.15, 0.2) is 57.7 Å². The first-order valence-electron chi connectivity index (χ1n) is 11.2. The van der Waals surface area contributed by atoms with Gasteiger partial charge in [-0.15, -0.1) is 0 Å². The van der Waals surface area contributed by atoms with Crippen LogP contribution in [0.1, 0.15) is 22.3 Å². The van der Waals surface area contributed by atoms with Gasteiger partial charge in [-0.25, -0.2) is 0 Å². The predicted octanol–water partition coefficient (Wildman–Crippen LogP) is 5.44. The van der Waals surface area contributed by atoms with Gasteiger partial charge in [-0.3, -0.25) is 14.9 Å². The molecule has 0 amide bonds. The number of nitro benzene ring substituents is 1. The maximum atomic E-state index is 13.6. The Morgan fingerprint density at radius 2 is 1.81 bits per heavy atom. The minimum Gasteiger partial charge on any atom is -0.497 e. The van der Waals surface area contributed by atoms with E-state index in [0.29, 0.717) is 39.2 Å². The number of aryl methyl sites for hydroxylation is 2. The zero-order valence-electron chi connectivity index (χ0n) is 20.0. The molecule has 36 heavy (non-hydrogen) atoms. The van der Waals surface area contributed by atoms with E-state index in [0.717, 1.165) is 11.1 Å². The first kappa shape index (κ1) is 23.4. The maximum absolute atomic E-state index is 13.6. The third kappa shape index (κ3) is 4.25. The van der Waals surface area contributed by atoms with Crippen molar-refractivity contribution in [3.8, 4) is 28.6 Å². The molecule has 0 unspecified atom stereocenters.